The number of anilines is 1. The second-order valence-electron chi connectivity index (χ2n) is 4.50. The molecule has 1 amide bonds. The number of para-hydroxylation sites is 1. The largest absolute Gasteiger partial charge is 0.465 e. The summed E-state index contributed by atoms with van der Waals surface area (Å²) < 4.78 is 31.8. The number of halogens is 2. The molecule has 0 unspecified atom stereocenters. The summed E-state index contributed by atoms with van der Waals surface area (Å²) in [5.41, 5.74) is -2.38. The smallest absolute Gasteiger partial charge is 0.340 e. The third kappa shape index (κ3) is 3.19. The van der Waals surface area contributed by atoms with Gasteiger partial charge in [-0.15, -0.1) is 0 Å². The van der Waals surface area contributed by atoms with Crippen molar-refractivity contribution in [2.45, 2.75) is 0 Å². The van der Waals surface area contributed by atoms with Crippen LogP contribution in [0.4, 0.5) is 20.2 Å². The molecule has 24 heavy (non-hydrogen) atoms. The fourth-order valence-electron chi connectivity index (χ4n) is 1.99. The van der Waals surface area contributed by atoms with Crippen molar-refractivity contribution < 1.29 is 28.0 Å². The number of rotatable bonds is 4. The van der Waals surface area contributed by atoms with Gasteiger partial charge in [-0.1, -0.05) is 12.1 Å². The second kappa shape index (κ2) is 6.82. The maximum absolute atomic E-state index is 13.7. The van der Waals surface area contributed by atoms with Gasteiger partial charge in [-0.2, -0.15) is 0 Å². The molecular formula is C15H10F2N2O5. The van der Waals surface area contributed by atoms with Gasteiger partial charge in [0.1, 0.15) is 22.9 Å². The van der Waals surface area contributed by atoms with Crippen LogP contribution in [0.2, 0.25) is 0 Å². The van der Waals surface area contributed by atoms with Crippen LogP contribution in [0.5, 0.6) is 0 Å². The molecule has 0 aromatic heterocycles. The van der Waals surface area contributed by atoms with Gasteiger partial charge in [0.15, 0.2) is 0 Å². The topological polar surface area (TPSA) is 98.5 Å². The molecule has 2 aromatic rings. The van der Waals surface area contributed by atoms with Crippen molar-refractivity contribution >= 4 is 23.3 Å². The normalized spacial score (nSPS) is 10.1. The van der Waals surface area contributed by atoms with Crippen LogP contribution in [0.3, 0.4) is 0 Å². The average molecular weight is 336 g/mol. The van der Waals surface area contributed by atoms with Crippen molar-refractivity contribution in [3.05, 3.63) is 69.3 Å². The number of hydrogen-bond acceptors (Lipinski definition) is 5. The number of hydrogen-bond donors (Lipinski definition) is 1. The summed E-state index contributed by atoms with van der Waals surface area (Å²) in [6, 6.07) is 6.19. The van der Waals surface area contributed by atoms with E-state index in [0.717, 1.165) is 31.4 Å². The number of amides is 1. The van der Waals surface area contributed by atoms with E-state index in [2.05, 4.69) is 4.74 Å². The number of esters is 1. The molecule has 0 aliphatic heterocycles. The molecule has 0 aliphatic rings. The number of ether oxygens (including phenoxy) is 1. The van der Waals surface area contributed by atoms with Gasteiger partial charge in [0, 0.05) is 6.07 Å². The lowest BCUT2D eigenvalue weighted by Crippen LogP contribution is -2.19. The van der Waals surface area contributed by atoms with E-state index >= 15 is 0 Å². The standard InChI is InChI=1S/C15H10F2N2O5/c1-24-15(21)8-4-2-7-11(19(22)23)13(8)18-14(20)12-9(16)5-3-6-10(12)17/h2-7H,1H3,(H,18,20). The molecule has 0 spiro atoms. The SMILES string of the molecule is COC(=O)c1cccc([N+](=O)[O-])c1NC(=O)c1c(F)cccc1F. The van der Waals surface area contributed by atoms with E-state index in [1.807, 2.05) is 5.32 Å². The van der Waals surface area contributed by atoms with E-state index in [0.29, 0.717) is 0 Å². The van der Waals surface area contributed by atoms with Gasteiger partial charge in [-0.3, -0.25) is 14.9 Å². The first-order valence-corrected chi connectivity index (χ1v) is 6.48. The van der Waals surface area contributed by atoms with Crippen molar-refractivity contribution in [1.82, 2.24) is 0 Å². The third-order valence-corrected chi connectivity index (χ3v) is 3.07. The molecule has 0 aliphatic carbocycles. The van der Waals surface area contributed by atoms with Crippen molar-refractivity contribution in [3.63, 3.8) is 0 Å². The fourth-order valence-corrected chi connectivity index (χ4v) is 1.99. The Labute approximate surface area is 134 Å². The van der Waals surface area contributed by atoms with Gasteiger partial charge in [0.2, 0.25) is 0 Å². The van der Waals surface area contributed by atoms with E-state index in [1.54, 1.807) is 0 Å². The first kappa shape index (κ1) is 17.0. The van der Waals surface area contributed by atoms with E-state index in [1.165, 1.54) is 12.1 Å². The molecule has 0 bridgehead atoms. The first-order valence-electron chi connectivity index (χ1n) is 6.48. The van der Waals surface area contributed by atoms with E-state index in [4.69, 9.17) is 0 Å². The summed E-state index contributed by atoms with van der Waals surface area (Å²) >= 11 is 0. The minimum atomic E-state index is -1.27. The zero-order valence-electron chi connectivity index (χ0n) is 12.2. The summed E-state index contributed by atoms with van der Waals surface area (Å²) in [6.45, 7) is 0. The Morgan fingerprint density at radius 1 is 1.12 bits per heavy atom. The van der Waals surface area contributed by atoms with E-state index in [-0.39, 0.29) is 5.56 Å². The van der Waals surface area contributed by atoms with Crippen LogP contribution in [0.15, 0.2) is 36.4 Å². The van der Waals surface area contributed by atoms with Crippen LogP contribution >= 0.6 is 0 Å². The average Bonchev–Trinajstić information content (AvgIpc) is 2.53. The highest BCUT2D eigenvalue weighted by atomic mass is 19.1. The predicted octanol–water partition coefficient (Wildman–Crippen LogP) is 2.91. The number of benzene rings is 2. The lowest BCUT2D eigenvalue weighted by atomic mass is 10.1. The summed E-state index contributed by atoms with van der Waals surface area (Å²) in [7, 11) is 1.04. The molecule has 0 saturated carbocycles. The number of carbonyl (C=O) groups excluding carboxylic acids is 2. The Kier molecular flexibility index (Phi) is 4.83. The molecule has 0 heterocycles. The Bertz CT molecular complexity index is 818. The van der Waals surface area contributed by atoms with Crippen LogP contribution in [0.1, 0.15) is 20.7 Å². The Morgan fingerprint density at radius 3 is 2.25 bits per heavy atom. The molecule has 7 nitrogen and oxygen atoms in total. The van der Waals surface area contributed by atoms with Crippen LogP contribution < -0.4 is 5.32 Å². The third-order valence-electron chi connectivity index (χ3n) is 3.07. The van der Waals surface area contributed by atoms with Crippen molar-refractivity contribution in [1.29, 1.82) is 0 Å². The maximum atomic E-state index is 13.7. The quantitative estimate of drug-likeness (QED) is 0.526. The number of nitro benzene ring substituents is 1. The molecule has 0 radical (unpaired) electrons. The fraction of sp³-hybridized carbons (Fsp3) is 0.0667. The Balaban J connectivity index is 2.54. The van der Waals surface area contributed by atoms with Gasteiger partial charge < -0.3 is 10.1 Å². The zero-order chi connectivity index (χ0) is 17.9. The zero-order valence-corrected chi connectivity index (χ0v) is 12.2. The van der Waals surface area contributed by atoms with Gasteiger partial charge in [-0.05, 0) is 18.2 Å². The lowest BCUT2D eigenvalue weighted by molar-refractivity contribution is -0.383. The molecule has 1 N–H and O–H groups in total. The van der Waals surface area contributed by atoms with Crippen molar-refractivity contribution in [2.24, 2.45) is 0 Å². The second-order valence-corrected chi connectivity index (χ2v) is 4.50. The monoisotopic (exact) mass is 336 g/mol. The summed E-state index contributed by atoms with van der Waals surface area (Å²) in [6.07, 6.45) is 0. The van der Waals surface area contributed by atoms with Crippen molar-refractivity contribution in [3.8, 4) is 0 Å². The highest BCUT2D eigenvalue weighted by Crippen LogP contribution is 2.29. The van der Waals surface area contributed by atoms with Crippen LogP contribution in [0.25, 0.3) is 0 Å². The van der Waals surface area contributed by atoms with Gasteiger partial charge >= 0.3 is 5.97 Å². The van der Waals surface area contributed by atoms with Crippen LogP contribution in [-0.2, 0) is 4.74 Å². The Hall–Kier alpha value is -3.36. The number of nitro groups is 1. The van der Waals surface area contributed by atoms with Crippen molar-refractivity contribution in [2.75, 3.05) is 12.4 Å². The van der Waals surface area contributed by atoms with E-state index < -0.39 is 45.4 Å². The maximum Gasteiger partial charge on any atom is 0.340 e. The molecule has 124 valence electrons. The van der Waals surface area contributed by atoms with E-state index in [9.17, 15) is 28.5 Å². The molecule has 9 heteroatoms. The first-order chi connectivity index (χ1) is 11.4. The van der Waals surface area contributed by atoms with Gasteiger partial charge in [0.05, 0.1) is 17.6 Å². The Morgan fingerprint density at radius 2 is 1.71 bits per heavy atom. The van der Waals surface area contributed by atoms with Crippen LogP contribution in [-0.4, -0.2) is 23.9 Å². The number of nitrogens with zero attached hydrogens (tertiary/aromatic N) is 1. The number of carbonyl (C=O) groups is 2. The number of methoxy groups -OCH3 is 1. The molecule has 2 rings (SSSR count). The van der Waals surface area contributed by atoms with Gasteiger partial charge in [-0.25, -0.2) is 13.6 Å². The highest BCUT2D eigenvalue weighted by molar-refractivity contribution is 6.10. The highest BCUT2D eigenvalue weighted by Gasteiger charge is 2.26. The van der Waals surface area contributed by atoms with Crippen LogP contribution in [0, 0.1) is 21.7 Å². The number of nitrogens with one attached hydrogen (secondary N) is 1. The van der Waals surface area contributed by atoms with Gasteiger partial charge in [0.25, 0.3) is 11.6 Å². The summed E-state index contributed by atoms with van der Waals surface area (Å²) in [5.74, 6) is -4.52. The lowest BCUT2D eigenvalue weighted by Gasteiger charge is -2.11. The minimum absolute atomic E-state index is 0.322. The molecular weight excluding hydrogens is 326 g/mol. The molecule has 2 aromatic carbocycles. The molecule has 0 saturated heterocycles. The predicted molar refractivity (Wildman–Crippen MR) is 78.7 cm³/mol. The molecule has 0 atom stereocenters. The summed E-state index contributed by atoms with van der Waals surface area (Å²) in [4.78, 5) is 34.1. The molecule has 0 fully saturated rings. The summed E-state index contributed by atoms with van der Waals surface area (Å²) in [5, 5.41) is 13.1. The minimum Gasteiger partial charge on any atom is -0.465 e.